The summed E-state index contributed by atoms with van der Waals surface area (Å²) in [4.78, 5) is 36.2. The number of methoxy groups -OCH3 is 3. The lowest BCUT2D eigenvalue weighted by Crippen LogP contribution is -2.44. The number of nitrogens with one attached hydrogen (secondary N) is 1. The molecule has 0 aliphatic heterocycles. The molecule has 11 heteroatoms. The predicted molar refractivity (Wildman–Crippen MR) is 154 cm³/mol. The molecule has 0 bridgehead atoms. The normalized spacial score (nSPS) is 12.7. The Morgan fingerprint density at radius 1 is 0.902 bits per heavy atom. The zero-order valence-corrected chi connectivity index (χ0v) is 24.6. The van der Waals surface area contributed by atoms with E-state index in [0.717, 1.165) is 11.1 Å². The van der Waals surface area contributed by atoms with E-state index in [1.165, 1.54) is 7.11 Å². The molecule has 0 saturated heterocycles. The van der Waals surface area contributed by atoms with E-state index in [9.17, 15) is 14.4 Å². The second-order valence-corrected chi connectivity index (χ2v) is 10.5. The van der Waals surface area contributed by atoms with Crippen LogP contribution in [0.3, 0.4) is 0 Å². The Hall–Kier alpha value is -4.41. The maximum absolute atomic E-state index is 12.6. The van der Waals surface area contributed by atoms with Crippen molar-refractivity contribution in [2.24, 2.45) is 17.1 Å². The van der Waals surface area contributed by atoms with Crippen LogP contribution in [0.25, 0.3) is 12.2 Å². The highest BCUT2D eigenvalue weighted by Crippen LogP contribution is 2.30. The lowest BCUT2D eigenvalue weighted by atomic mass is 9.83. The van der Waals surface area contributed by atoms with Gasteiger partial charge in [-0.25, -0.2) is 9.59 Å². The van der Waals surface area contributed by atoms with Crippen molar-refractivity contribution in [3.63, 3.8) is 0 Å². The van der Waals surface area contributed by atoms with Crippen LogP contribution in [-0.2, 0) is 14.3 Å². The summed E-state index contributed by atoms with van der Waals surface area (Å²) in [5.74, 6) is 0.995. The Kier molecular flexibility index (Phi) is 12.3. The molecule has 2 rings (SSSR count). The van der Waals surface area contributed by atoms with E-state index in [-0.39, 0.29) is 30.2 Å². The largest absolute Gasteiger partial charge is 0.514 e. The van der Waals surface area contributed by atoms with Crippen molar-refractivity contribution >= 4 is 30.3 Å². The summed E-state index contributed by atoms with van der Waals surface area (Å²) in [7, 11) is 4.62. The van der Waals surface area contributed by atoms with Crippen molar-refractivity contribution in [3.8, 4) is 23.0 Å². The van der Waals surface area contributed by atoms with Gasteiger partial charge in [0.2, 0.25) is 0 Å². The monoisotopic (exact) mass is 572 g/mol. The fraction of sp³-hybridized carbons (Fsp3) is 0.433. The van der Waals surface area contributed by atoms with E-state index < -0.39 is 24.3 Å². The third kappa shape index (κ3) is 11.3. The molecule has 0 fully saturated rings. The molecule has 2 atom stereocenters. The SMILES string of the molecule is COc1cc(C=Cc2ccc(OC(=O)OCCNC(=O)C(OC(N)=O)C(C)CC(C)(C)C)c(OC)c2)cc(OC)c1. The Balaban J connectivity index is 1.93. The predicted octanol–water partition coefficient (Wildman–Crippen LogP) is 5.05. The highest BCUT2D eigenvalue weighted by molar-refractivity contribution is 5.83. The van der Waals surface area contributed by atoms with Gasteiger partial charge in [0.15, 0.2) is 17.6 Å². The van der Waals surface area contributed by atoms with Gasteiger partial charge in [-0.15, -0.1) is 0 Å². The lowest BCUT2D eigenvalue weighted by molar-refractivity contribution is -0.132. The molecule has 11 nitrogen and oxygen atoms in total. The van der Waals surface area contributed by atoms with Gasteiger partial charge in [0, 0.05) is 12.0 Å². The van der Waals surface area contributed by atoms with Gasteiger partial charge in [0.05, 0.1) is 27.9 Å². The standard InChI is InChI=1S/C30H40N2O9/c1-19(18-30(2,3)4)26(41-28(31)34)27(33)32-12-13-39-29(35)40-24-11-10-20(16-25(24)38-7)8-9-21-14-22(36-5)17-23(15-21)37-6/h8-11,14-17,19,26H,12-13,18H2,1-7H3,(H2,31,34)(H,32,33). The molecule has 2 unspecified atom stereocenters. The van der Waals surface area contributed by atoms with Gasteiger partial charge in [0.25, 0.3) is 5.91 Å². The summed E-state index contributed by atoms with van der Waals surface area (Å²) in [6.07, 6.45) is 1.27. The number of hydrogen-bond donors (Lipinski definition) is 2. The van der Waals surface area contributed by atoms with Crippen molar-refractivity contribution in [3.05, 3.63) is 47.5 Å². The first-order valence-corrected chi connectivity index (χ1v) is 13.0. The minimum Gasteiger partial charge on any atom is -0.497 e. The molecule has 0 aromatic heterocycles. The fourth-order valence-electron chi connectivity index (χ4n) is 4.14. The molecule has 0 saturated carbocycles. The maximum atomic E-state index is 12.6. The molecular formula is C30H40N2O9. The van der Waals surface area contributed by atoms with Gasteiger partial charge in [-0.3, -0.25) is 4.79 Å². The molecule has 0 heterocycles. The van der Waals surface area contributed by atoms with Crippen LogP contribution in [0.1, 0.15) is 45.2 Å². The van der Waals surface area contributed by atoms with Gasteiger partial charge in [-0.2, -0.15) is 0 Å². The summed E-state index contributed by atoms with van der Waals surface area (Å²) in [6.45, 7) is 7.65. The third-order valence-corrected chi connectivity index (χ3v) is 5.80. The molecule has 3 N–H and O–H groups in total. The zero-order valence-electron chi connectivity index (χ0n) is 24.6. The third-order valence-electron chi connectivity index (χ3n) is 5.80. The first-order valence-electron chi connectivity index (χ1n) is 13.0. The van der Waals surface area contributed by atoms with E-state index in [1.807, 2.05) is 45.1 Å². The lowest BCUT2D eigenvalue weighted by Gasteiger charge is -2.28. The molecule has 0 aliphatic rings. The Morgan fingerprint density at radius 2 is 1.54 bits per heavy atom. The number of carbonyl (C=O) groups is 3. The van der Waals surface area contributed by atoms with Crippen molar-refractivity contribution in [2.75, 3.05) is 34.5 Å². The molecule has 0 aliphatic carbocycles. The molecule has 2 aromatic carbocycles. The van der Waals surface area contributed by atoms with E-state index in [0.29, 0.717) is 23.7 Å². The van der Waals surface area contributed by atoms with E-state index in [2.05, 4.69) is 5.32 Å². The quantitative estimate of drug-likeness (QED) is 0.146. The maximum Gasteiger partial charge on any atom is 0.514 e. The van der Waals surface area contributed by atoms with Gasteiger partial charge in [0.1, 0.15) is 18.1 Å². The molecule has 2 amide bonds. The van der Waals surface area contributed by atoms with Crippen molar-refractivity contribution < 1.29 is 42.8 Å². The number of hydrogen-bond acceptors (Lipinski definition) is 9. The first kappa shape index (κ1) is 32.8. The van der Waals surface area contributed by atoms with Crippen LogP contribution >= 0.6 is 0 Å². The Labute approximate surface area is 240 Å². The summed E-state index contributed by atoms with van der Waals surface area (Å²) in [5, 5.41) is 2.59. The van der Waals surface area contributed by atoms with Crippen LogP contribution in [-0.4, -0.2) is 58.7 Å². The minimum absolute atomic E-state index is 0.0231. The number of carbonyl (C=O) groups excluding carboxylic acids is 3. The topological polar surface area (TPSA) is 145 Å². The smallest absolute Gasteiger partial charge is 0.497 e. The Bertz CT molecular complexity index is 1200. The molecular weight excluding hydrogens is 532 g/mol. The number of amides is 2. The molecule has 0 radical (unpaired) electrons. The summed E-state index contributed by atoms with van der Waals surface area (Å²) >= 11 is 0. The minimum atomic E-state index is -1.07. The number of primary amides is 1. The van der Waals surface area contributed by atoms with Crippen LogP contribution in [0.15, 0.2) is 36.4 Å². The number of nitrogens with two attached hydrogens (primary N) is 1. The zero-order chi connectivity index (χ0) is 30.6. The second kappa shape index (κ2) is 15.4. The van der Waals surface area contributed by atoms with Gasteiger partial charge < -0.3 is 39.5 Å². The van der Waals surface area contributed by atoms with Crippen LogP contribution in [0.2, 0.25) is 0 Å². The number of rotatable bonds is 13. The van der Waals surface area contributed by atoms with Crippen molar-refractivity contribution in [1.29, 1.82) is 0 Å². The molecule has 0 spiro atoms. The van der Waals surface area contributed by atoms with Gasteiger partial charge in [-0.05, 0) is 47.2 Å². The fourth-order valence-corrected chi connectivity index (χ4v) is 4.14. The molecule has 224 valence electrons. The van der Waals surface area contributed by atoms with Crippen molar-refractivity contribution in [2.45, 2.75) is 40.2 Å². The van der Waals surface area contributed by atoms with Crippen LogP contribution in [0.4, 0.5) is 9.59 Å². The first-order chi connectivity index (χ1) is 19.3. The summed E-state index contributed by atoms with van der Waals surface area (Å²) in [5.41, 5.74) is 6.72. The van der Waals surface area contributed by atoms with Crippen LogP contribution < -0.4 is 30.0 Å². The summed E-state index contributed by atoms with van der Waals surface area (Å²) in [6, 6.07) is 10.5. The Morgan fingerprint density at radius 3 is 2.10 bits per heavy atom. The number of ether oxygens (including phenoxy) is 6. The van der Waals surface area contributed by atoms with Gasteiger partial charge >= 0.3 is 12.2 Å². The molecule has 2 aromatic rings. The van der Waals surface area contributed by atoms with Crippen LogP contribution in [0, 0.1) is 11.3 Å². The second-order valence-electron chi connectivity index (χ2n) is 10.5. The highest BCUT2D eigenvalue weighted by Gasteiger charge is 2.31. The van der Waals surface area contributed by atoms with Crippen molar-refractivity contribution in [1.82, 2.24) is 5.32 Å². The summed E-state index contributed by atoms with van der Waals surface area (Å²) < 4.78 is 31.4. The molecule has 41 heavy (non-hydrogen) atoms. The van der Waals surface area contributed by atoms with Crippen LogP contribution in [0.5, 0.6) is 23.0 Å². The van der Waals surface area contributed by atoms with Gasteiger partial charge in [-0.1, -0.05) is 45.9 Å². The van der Waals surface area contributed by atoms with E-state index in [1.54, 1.807) is 45.4 Å². The van der Waals surface area contributed by atoms with E-state index >= 15 is 0 Å². The highest BCUT2D eigenvalue weighted by atomic mass is 16.7. The average Bonchev–Trinajstić information content (AvgIpc) is 2.91. The average molecular weight is 573 g/mol. The van der Waals surface area contributed by atoms with E-state index in [4.69, 9.17) is 34.2 Å². The number of benzene rings is 2.